The van der Waals surface area contributed by atoms with Gasteiger partial charge >= 0.3 is 0 Å². The molecule has 0 amide bonds. The lowest BCUT2D eigenvalue weighted by Crippen LogP contribution is -1.86. The van der Waals surface area contributed by atoms with Crippen LogP contribution in [0.25, 0.3) is 11.3 Å². The molecule has 0 N–H and O–H groups in total. The molecule has 0 saturated heterocycles. The highest BCUT2D eigenvalue weighted by Gasteiger charge is 2.03. The molecule has 0 spiro atoms. The molecule has 0 fully saturated rings. The summed E-state index contributed by atoms with van der Waals surface area (Å²) >= 11 is 13.0. The fourth-order valence-corrected chi connectivity index (χ4v) is 2.01. The van der Waals surface area contributed by atoms with Crippen LogP contribution in [0.15, 0.2) is 22.9 Å². The van der Waals surface area contributed by atoms with E-state index in [2.05, 4.69) is 9.97 Å². The molecule has 0 bridgehead atoms. The highest BCUT2D eigenvalue weighted by molar-refractivity contribution is 7.08. The number of hydrogen-bond donors (Lipinski definition) is 0. The largest absolute Gasteiger partial charge is 0.224 e. The van der Waals surface area contributed by atoms with Crippen LogP contribution in [0.3, 0.4) is 0 Å². The average molecular weight is 231 g/mol. The number of halogens is 2. The Hall–Kier alpha value is -0.640. The van der Waals surface area contributed by atoms with Crippen molar-refractivity contribution < 1.29 is 0 Å². The Morgan fingerprint density at radius 1 is 1.23 bits per heavy atom. The average Bonchev–Trinajstić information content (AvgIpc) is 2.53. The monoisotopic (exact) mass is 230 g/mol. The van der Waals surface area contributed by atoms with Crippen LogP contribution in [0, 0.1) is 0 Å². The summed E-state index contributed by atoms with van der Waals surface area (Å²) < 4.78 is 0. The van der Waals surface area contributed by atoms with Gasteiger partial charge in [-0.05, 0) is 23.0 Å². The van der Waals surface area contributed by atoms with E-state index in [0.29, 0.717) is 5.15 Å². The summed E-state index contributed by atoms with van der Waals surface area (Å²) in [4.78, 5) is 7.82. The summed E-state index contributed by atoms with van der Waals surface area (Å²) in [6.07, 6.45) is 0. The first kappa shape index (κ1) is 8.94. The summed E-state index contributed by atoms with van der Waals surface area (Å²) in [5.74, 6) is 0. The molecule has 0 radical (unpaired) electrons. The van der Waals surface area contributed by atoms with Crippen molar-refractivity contribution in [1.82, 2.24) is 9.97 Å². The topological polar surface area (TPSA) is 25.8 Å². The van der Waals surface area contributed by atoms with Crippen molar-refractivity contribution in [2.75, 3.05) is 0 Å². The van der Waals surface area contributed by atoms with Crippen molar-refractivity contribution in [3.8, 4) is 11.3 Å². The van der Waals surface area contributed by atoms with E-state index in [1.54, 1.807) is 17.4 Å². The van der Waals surface area contributed by atoms with Crippen LogP contribution in [-0.2, 0) is 0 Å². The highest BCUT2D eigenvalue weighted by Crippen LogP contribution is 2.23. The van der Waals surface area contributed by atoms with Gasteiger partial charge in [-0.2, -0.15) is 11.3 Å². The van der Waals surface area contributed by atoms with Crippen molar-refractivity contribution >= 4 is 34.5 Å². The Morgan fingerprint density at radius 2 is 2.08 bits per heavy atom. The van der Waals surface area contributed by atoms with Crippen molar-refractivity contribution in [2.45, 2.75) is 0 Å². The Morgan fingerprint density at radius 3 is 2.69 bits per heavy atom. The van der Waals surface area contributed by atoms with E-state index in [9.17, 15) is 0 Å². The summed E-state index contributed by atoms with van der Waals surface area (Å²) in [7, 11) is 0. The van der Waals surface area contributed by atoms with Crippen LogP contribution in [0.2, 0.25) is 10.4 Å². The molecule has 2 aromatic heterocycles. The predicted octanol–water partition coefficient (Wildman–Crippen LogP) is 3.51. The highest BCUT2D eigenvalue weighted by atomic mass is 35.5. The minimum absolute atomic E-state index is 0.175. The summed E-state index contributed by atoms with van der Waals surface area (Å²) in [5, 5.41) is 4.49. The molecule has 0 aromatic carbocycles. The number of aromatic nitrogens is 2. The van der Waals surface area contributed by atoms with Gasteiger partial charge in [-0.15, -0.1) is 0 Å². The summed E-state index contributed by atoms with van der Waals surface area (Å²) in [6, 6.07) is 3.65. The third kappa shape index (κ3) is 1.99. The first-order valence-electron chi connectivity index (χ1n) is 3.48. The smallest absolute Gasteiger partial charge is 0.218 e. The Kier molecular flexibility index (Phi) is 2.49. The second-order valence-electron chi connectivity index (χ2n) is 2.36. The van der Waals surface area contributed by atoms with Crippen LogP contribution in [0.1, 0.15) is 0 Å². The van der Waals surface area contributed by atoms with Crippen LogP contribution < -0.4 is 0 Å². The lowest BCUT2D eigenvalue weighted by Gasteiger charge is -1.97. The van der Waals surface area contributed by atoms with Gasteiger partial charge in [0.2, 0.25) is 5.28 Å². The molecular weight excluding hydrogens is 227 g/mol. The number of rotatable bonds is 1. The SMILES string of the molecule is Clc1cc(-c2ccsc2)nc(Cl)n1. The summed E-state index contributed by atoms with van der Waals surface area (Å²) in [5.41, 5.74) is 1.77. The molecule has 0 aliphatic carbocycles. The van der Waals surface area contributed by atoms with Gasteiger partial charge in [0.15, 0.2) is 0 Å². The van der Waals surface area contributed by atoms with Crippen LogP contribution >= 0.6 is 34.5 Å². The third-order valence-corrected chi connectivity index (χ3v) is 2.53. The van der Waals surface area contributed by atoms with Gasteiger partial charge in [-0.25, -0.2) is 9.97 Å². The Balaban J connectivity index is 2.53. The maximum Gasteiger partial charge on any atom is 0.224 e. The van der Waals surface area contributed by atoms with Crippen LogP contribution in [0.5, 0.6) is 0 Å². The minimum atomic E-state index is 0.175. The molecule has 0 saturated carbocycles. The van der Waals surface area contributed by atoms with Gasteiger partial charge in [-0.3, -0.25) is 0 Å². The standard InChI is InChI=1S/C8H4Cl2N2S/c9-7-3-6(11-8(10)12-7)5-1-2-13-4-5/h1-4H. The van der Waals surface area contributed by atoms with Gasteiger partial charge in [0.25, 0.3) is 0 Å². The second-order valence-corrected chi connectivity index (χ2v) is 3.86. The van der Waals surface area contributed by atoms with Crippen LogP contribution in [-0.4, -0.2) is 9.97 Å². The molecule has 2 heterocycles. The molecule has 0 aliphatic heterocycles. The van der Waals surface area contributed by atoms with Crippen molar-refractivity contribution in [3.05, 3.63) is 33.3 Å². The van der Waals surface area contributed by atoms with E-state index in [-0.39, 0.29) is 5.28 Å². The van der Waals surface area contributed by atoms with E-state index >= 15 is 0 Å². The Labute approximate surface area is 89.2 Å². The van der Waals surface area contributed by atoms with Crippen molar-refractivity contribution in [1.29, 1.82) is 0 Å². The fourth-order valence-electron chi connectivity index (χ4n) is 0.948. The summed E-state index contributed by atoms with van der Waals surface area (Å²) in [6.45, 7) is 0. The van der Waals surface area contributed by atoms with Crippen LogP contribution in [0.4, 0.5) is 0 Å². The van der Waals surface area contributed by atoms with E-state index in [1.807, 2.05) is 16.8 Å². The molecule has 66 valence electrons. The van der Waals surface area contributed by atoms with Gasteiger partial charge in [0.1, 0.15) is 5.15 Å². The molecule has 0 unspecified atom stereocenters. The van der Waals surface area contributed by atoms with E-state index in [0.717, 1.165) is 11.3 Å². The van der Waals surface area contributed by atoms with Gasteiger partial charge in [0, 0.05) is 17.0 Å². The number of thiophene rings is 1. The van der Waals surface area contributed by atoms with E-state index in [1.165, 1.54) is 0 Å². The number of nitrogens with zero attached hydrogens (tertiary/aromatic N) is 2. The first-order valence-corrected chi connectivity index (χ1v) is 5.18. The molecule has 0 atom stereocenters. The zero-order valence-corrected chi connectivity index (χ0v) is 8.70. The molecule has 2 nitrogen and oxygen atoms in total. The molecule has 13 heavy (non-hydrogen) atoms. The first-order chi connectivity index (χ1) is 6.25. The zero-order valence-electron chi connectivity index (χ0n) is 6.37. The lowest BCUT2D eigenvalue weighted by molar-refractivity contribution is 1.17. The maximum absolute atomic E-state index is 5.73. The molecule has 2 aromatic rings. The third-order valence-electron chi connectivity index (χ3n) is 1.48. The second kappa shape index (κ2) is 3.62. The molecule has 0 aliphatic rings. The van der Waals surface area contributed by atoms with Crippen molar-refractivity contribution in [3.63, 3.8) is 0 Å². The minimum Gasteiger partial charge on any atom is -0.218 e. The number of hydrogen-bond acceptors (Lipinski definition) is 3. The molecular formula is C8H4Cl2N2S. The Bertz CT molecular complexity index is 394. The molecule has 2 rings (SSSR count). The van der Waals surface area contributed by atoms with E-state index in [4.69, 9.17) is 23.2 Å². The quantitative estimate of drug-likeness (QED) is 0.554. The fraction of sp³-hybridized carbons (Fsp3) is 0. The molecule has 5 heteroatoms. The lowest BCUT2D eigenvalue weighted by atomic mass is 10.2. The van der Waals surface area contributed by atoms with Gasteiger partial charge < -0.3 is 0 Å². The van der Waals surface area contributed by atoms with E-state index < -0.39 is 0 Å². The van der Waals surface area contributed by atoms with Crippen molar-refractivity contribution in [2.24, 2.45) is 0 Å². The normalized spacial score (nSPS) is 10.3. The zero-order chi connectivity index (χ0) is 9.26. The predicted molar refractivity (Wildman–Crippen MR) is 55.4 cm³/mol. The maximum atomic E-state index is 5.73. The van der Waals surface area contributed by atoms with Gasteiger partial charge in [-0.1, -0.05) is 11.6 Å². The van der Waals surface area contributed by atoms with Gasteiger partial charge in [0.05, 0.1) is 5.69 Å².